The van der Waals surface area contributed by atoms with E-state index in [4.69, 9.17) is 28.4 Å². The number of carbonyl (C=O) groups is 4. The number of hydrogen-bond acceptors (Lipinski definition) is 13. The van der Waals surface area contributed by atoms with Crippen molar-refractivity contribution in [1.29, 1.82) is 0 Å². The van der Waals surface area contributed by atoms with E-state index in [9.17, 15) is 29.1 Å². The number of pyridine rings is 1. The van der Waals surface area contributed by atoms with Gasteiger partial charge in [0, 0.05) is 37.8 Å². The number of hydrogen-bond donors (Lipinski definition) is 1. The summed E-state index contributed by atoms with van der Waals surface area (Å²) in [4.78, 5) is 69.8. The van der Waals surface area contributed by atoms with Crippen molar-refractivity contribution in [2.24, 2.45) is 5.92 Å². The van der Waals surface area contributed by atoms with Gasteiger partial charge in [-0.2, -0.15) is 0 Å². The van der Waals surface area contributed by atoms with E-state index in [1.165, 1.54) is 23.2 Å². The molecule has 1 aliphatic carbocycles. The van der Waals surface area contributed by atoms with Gasteiger partial charge in [-0.3, -0.25) is 14.5 Å². The van der Waals surface area contributed by atoms with E-state index in [1.54, 1.807) is 26.5 Å². The third-order valence-electron chi connectivity index (χ3n) is 13.1. The molecule has 3 atom stereocenters. The number of aliphatic hydroxyl groups is 1. The first-order chi connectivity index (χ1) is 32.9. The molecule has 4 fully saturated rings. The van der Waals surface area contributed by atoms with Crippen LogP contribution in [0.3, 0.4) is 0 Å². The van der Waals surface area contributed by atoms with Crippen LogP contribution in [0.2, 0.25) is 0 Å². The molecule has 0 spiro atoms. The van der Waals surface area contributed by atoms with Crippen molar-refractivity contribution in [3.63, 3.8) is 0 Å². The van der Waals surface area contributed by atoms with Gasteiger partial charge in [0.25, 0.3) is 0 Å². The zero-order valence-corrected chi connectivity index (χ0v) is 36.9. The zero-order chi connectivity index (χ0) is 47.1. The average Bonchev–Trinajstić information content (AvgIpc) is 4.04. The minimum absolute atomic E-state index is 0.0108. The molecule has 2 amide bonds. The molecule has 68 heavy (non-hydrogen) atoms. The molecule has 354 valence electrons. The van der Waals surface area contributed by atoms with E-state index in [1.807, 2.05) is 48.5 Å². The molecular formula is C50H48F2N4O12. The lowest BCUT2D eigenvalue weighted by Crippen LogP contribution is -2.41. The van der Waals surface area contributed by atoms with E-state index >= 15 is 8.78 Å². The quantitative estimate of drug-likeness (QED) is 0.0980. The lowest BCUT2D eigenvalue weighted by atomic mass is 9.97. The number of benzene rings is 4. The minimum Gasteiger partial charge on any atom is -0.487 e. The maximum absolute atomic E-state index is 16.3. The number of halogens is 2. The number of rotatable bonds is 13. The van der Waals surface area contributed by atoms with Gasteiger partial charge in [-0.05, 0) is 55.0 Å². The van der Waals surface area contributed by atoms with Crippen LogP contribution < -0.4 is 24.7 Å². The Balaban J connectivity index is 0.738. The number of piperidine rings is 1. The zero-order valence-electron chi connectivity index (χ0n) is 36.9. The highest BCUT2D eigenvalue weighted by Gasteiger charge is 2.48. The van der Waals surface area contributed by atoms with E-state index < -0.39 is 64.9 Å². The Morgan fingerprint density at radius 1 is 0.824 bits per heavy atom. The van der Waals surface area contributed by atoms with E-state index in [0.717, 1.165) is 36.1 Å². The average molecular weight is 935 g/mol. The summed E-state index contributed by atoms with van der Waals surface area (Å²) in [5.41, 5.74) is -0.257. The van der Waals surface area contributed by atoms with Crippen LogP contribution in [0, 0.1) is 17.6 Å². The number of amides is 2. The van der Waals surface area contributed by atoms with E-state index in [0.29, 0.717) is 31.4 Å². The van der Waals surface area contributed by atoms with Crippen molar-refractivity contribution in [2.45, 2.75) is 69.1 Å². The predicted molar refractivity (Wildman–Crippen MR) is 240 cm³/mol. The first-order valence-electron chi connectivity index (χ1n) is 22.7. The first kappa shape index (κ1) is 44.6. The van der Waals surface area contributed by atoms with Crippen molar-refractivity contribution in [2.75, 3.05) is 55.8 Å². The highest BCUT2D eigenvalue weighted by atomic mass is 19.1. The SMILES string of the molecule is O=C(OCc1ccccc1)c1cn(C2CC2)c2c3c(c(F)cc2c1=O)N1C[C@](O)(COc2ccc(N4C[C@H](COC(=O)C5CCN(C(=O)OCc6ccccc6)CC5)OC4=O)cc2F)C[C@H]1CO3. The smallest absolute Gasteiger partial charge is 0.414 e. The monoisotopic (exact) mass is 934 g/mol. The van der Waals surface area contributed by atoms with Gasteiger partial charge in [-0.15, -0.1) is 0 Å². The molecule has 16 nitrogen and oxygen atoms in total. The number of anilines is 2. The van der Waals surface area contributed by atoms with Gasteiger partial charge in [0.05, 0.1) is 41.6 Å². The highest BCUT2D eigenvalue weighted by Crippen LogP contribution is 2.48. The van der Waals surface area contributed by atoms with Gasteiger partial charge in [-0.25, -0.2) is 23.2 Å². The second kappa shape index (κ2) is 18.5. The standard InChI is InChI=1S/C50H48F2N4O12/c51-39-19-34(55-22-36(68-49(55)61)27-65-46(58)32-15-17-53(18-16-32)48(60)66-25-31-9-5-2-6-10-31)13-14-41(39)67-29-50(62)21-35-26-63-45-42-37(20-40(52)43(45)56(35)28-50)44(57)38(23-54(42)33-11-12-33)47(59)64-24-30-7-3-1-4-8-30/h1-10,13-14,19-20,23,32-33,35-36,62H,11-12,15-18,21-22,24-29H2/t35-,36+,50-/m0/s1. The van der Waals surface area contributed by atoms with E-state index in [-0.39, 0.29) is 92.4 Å². The fourth-order valence-electron chi connectivity index (χ4n) is 9.40. The molecule has 4 aromatic carbocycles. The minimum atomic E-state index is -1.57. The number of carbonyl (C=O) groups excluding carboxylic acids is 4. The van der Waals surface area contributed by atoms with Crippen LogP contribution in [0.4, 0.5) is 29.7 Å². The van der Waals surface area contributed by atoms with Gasteiger partial charge in [-0.1, -0.05) is 60.7 Å². The molecule has 0 unspecified atom stereocenters. The van der Waals surface area contributed by atoms with Crippen LogP contribution in [0.25, 0.3) is 10.9 Å². The molecule has 4 aliphatic heterocycles. The third kappa shape index (κ3) is 9.11. The fourth-order valence-corrected chi connectivity index (χ4v) is 9.40. The Labute approximate surface area is 388 Å². The van der Waals surface area contributed by atoms with Crippen molar-refractivity contribution >= 4 is 46.4 Å². The molecule has 5 heterocycles. The number of cyclic esters (lactones) is 1. The van der Waals surface area contributed by atoms with Crippen LogP contribution in [-0.2, 0) is 37.0 Å². The second-order valence-corrected chi connectivity index (χ2v) is 18.0. The molecule has 3 saturated heterocycles. The summed E-state index contributed by atoms with van der Waals surface area (Å²) in [6.45, 7) is 0.149. The Morgan fingerprint density at radius 2 is 1.53 bits per heavy atom. The Hall–Kier alpha value is -7.21. The molecule has 0 radical (unpaired) electrons. The fraction of sp³-hybridized carbons (Fsp3) is 0.380. The molecule has 1 aromatic heterocycles. The van der Waals surface area contributed by atoms with Crippen LogP contribution in [0.15, 0.2) is 95.9 Å². The van der Waals surface area contributed by atoms with Crippen LogP contribution >= 0.6 is 0 Å². The lowest BCUT2D eigenvalue weighted by Gasteiger charge is -2.34. The summed E-state index contributed by atoms with van der Waals surface area (Å²) in [5.74, 6) is -3.37. The third-order valence-corrected chi connectivity index (χ3v) is 13.1. The molecule has 10 rings (SSSR count). The van der Waals surface area contributed by atoms with Crippen molar-refractivity contribution < 1.29 is 61.5 Å². The Morgan fingerprint density at radius 3 is 2.22 bits per heavy atom. The van der Waals surface area contributed by atoms with Gasteiger partial charge in [0.2, 0.25) is 5.43 Å². The highest BCUT2D eigenvalue weighted by molar-refractivity contribution is 5.98. The number of aromatic nitrogens is 1. The predicted octanol–water partition coefficient (Wildman–Crippen LogP) is 6.67. The number of nitrogens with zero attached hydrogens (tertiary/aromatic N) is 4. The van der Waals surface area contributed by atoms with Crippen molar-refractivity contribution in [1.82, 2.24) is 9.47 Å². The van der Waals surface area contributed by atoms with Crippen LogP contribution in [-0.4, -0.2) is 102 Å². The van der Waals surface area contributed by atoms with Crippen LogP contribution in [0.1, 0.15) is 59.6 Å². The number of esters is 2. The lowest BCUT2D eigenvalue weighted by molar-refractivity contribution is -0.152. The Kier molecular flexibility index (Phi) is 12.1. The molecule has 1 saturated carbocycles. The van der Waals surface area contributed by atoms with Gasteiger partial charge >= 0.3 is 24.1 Å². The normalized spacial score (nSPS) is 21.2. The summed E-state index contributed by atoms with van der Waals surface area (Å²) in [6, 6.07) is 22.8. The number of ether oxygens (including phenoxy) is 6. The maximum Gasteiger partial charge on any atom is 0.414 e. The molecule has 5 aliphatic rings. The maximum atomic E-state index is 16.3. The molecule has 0 bridgehead atoms. The van der Waals surface area contributed by atoms with E-state index in [2.05, 4.69) is 0 Å². The number of fused-ring (bicyclic) bond motifs is 5. The topological polar surface area (TPSA) is 176 Å². The summed E-state index contributed by atoms with van der Waals surface area (Å²) in [6.07, 6.45) is 1.89. The summed E-state index contributed by atoms with van der Waals surface area (Å²) in [5, 5.41) is 11.8. The van der Waals surface area contributed by atoms with Crippen molar-refractivity contribution in [3.05, 3.63) is 130 Å². The van der Waals surface area contributed by atoms with Crippen molar-refractivity contribution in [3.8, 4) is 11.5 Å². The summed E-state index contributed by atoms with van der Waals surface area (Å²) >= 11 is 0. The Bertz CT molecular complexity index is 2820. The van der Waals surface area contributed by atoms with Gasteiger partial charge < -0.3 is 47.9 Å². The second-order valence-electron chi connectivity index (χ2n) is 18.0. The van der Waals surface area contributed by atoms with Gasteiger partial charge in [0.15, 0.2) is 29.2 Å². The first-order valence-corrected chi connectivity index (χ1v) is 22.7. The number of likely N-dealkylation sites (tertiary alicyclic amines) is 1. The molecule has 5 aromatic rings. The van der Waals surface area contributed by atoms with Gasteiger partial charge in [0.1, 0.15) is 49.9 Å². The van der Waals surface area contributed by atoms with Crippen LogP contribution in [0.5, 0.6) is 11.5 Å². The molecule has 18 heteroatoms. The largest absolute Gasteiger partial charge is 0.487 e. The molecular weight excluding hydrogens is 887 g/mol. The summed E-state index contributed by atoms with van der Waals surface area (Å²) < 4.78 is 67.5. The summed E-state index contributed by atoms with van der Waals surface area (Å²) in [7, 11) is 0. The molecule has 1 N–H and O–H groups in total.